The van der Waals surface area contributed by atoms with Gasteiger partial charge in [-0.05, 0) is 67.9 Å². The van der Waals surface area contributed by atoms with E-state index >= 15 is 0 Å². The van der Waals surface area contributed by atoms with Gasteiger partial charge in [0.05, 0.1) is 5.69 Å². The average molecular weight is 417 g/mol. The summed E-state index contributed by atoms with van der Waals surface area (Å²) in [6.07, 6.45) is 5.28. The Labute approximate surface area is 183 Å². The molecule has 0 bridgehead atoms. The summed E-state index contributed by atoms with van der Waals surface area (Å²) in [5.41, 5.74) is 2.80. The number of anilines is 1. The van der Waals surface area contributed by atoms with E-state index in [2.05, 4.69) is 34.5 Å². The van der Waals surface area contributed by atoms with Gasteiger partial charge in [-0.15, -0.1) is 0 Å². The van der Waals surface area contributed by atoms with Gasteiger partial charge < -0.3 is 5.32 Å². The second-order valence-corrected chi connectivity index (χ2v) is 8.87. The smallest absolute Gasteiger partial charge is 0.255 e. The molecule has 1 fully saturated rings. The third kappa shape index (κ3) is 5.74. The number of carbonyl (C=O) groups is 1. The number of hydrogen-bond acceptors (Lipinski definition) is 3. The Balaban J connectivity index is 1.40. The first-order chi connectivity index (χ1) is 14.8. The van der Waals surface area contributed by atoms with E-state index in [1.54, 1.807) is 11.8 Å². The molecule has 0 aliphatic carbocycles. The molecular weight excluding hydrogens is 388 g/mol. The zero-order valence-corrected chi connectivity index (χ0v) is 18.0. The lowest BCUT2D eigenvalue weighted by Crippen LogP contribution is -2.24. The van der Waals surface area contributed by atoms with Gasteiger partial charge in [-0.25, -0.2) is 0 Å². The number of benzene rings is 3. The van der Waals surface area contributed by atoms with Gasteiger partial charge in [-0.1, -0.05) is 67.1 Å². The predicted molar refractivity (Wildman–Crippen MR) is 125 cm³/mol. The number of rotatable bonds is 6. The van der Waals surface area contributed by atoms with Gasteiger partial charge in [0.1, 0.15) is 0 Å². The van der Waals surface area contributed by atoms with E-state index in [1.807, 2.05) is 54.6 Å². The summed E-state index contributed by atoms with van der Waals surface area (Å²) in [5.74, 6) is -0.0718. The Kier molecular flexibility index (Phi) is 7.22. The van der Waals surface area contributed by atoms with Gasteiger partial charge >= 0.3 is 0 Å². The van der Waals surface area contributed by atoms with Crippen LogP contribution in [0.3, 0.4) is 0 Å². The molecule has 1 heterocycles. The molecule has 1 amide bonds. The highest BCUT2D eigenvalue weighted by Gasteiger charge is 2.12. The largest absolute Gasteiger partial charge is 0.321 e. The van der Waals surface area contributed by atoms with Crippen LogP contribution in [0.4, 0.5) is 5.69 Å². The summed E-state index contributed by atoms with van der Waals surface area (Å²) < 4.78 is 0. The fraction of sp³-hybridized carbons (Fsp3) is 0.269. The van der Waals surface area contributed by atoms with Crippen LogP contribution in [0, 0.1) is 0 Å². The third-order valence-corrected chi connectivity index (χ3v) is 6.51. The second kappa shape index (κ2) is 10.5. The third-order valence-electron chi connectivity index (χ3n) is 5.43. The van der Waals surface area contributed by atoms with Crippen molar-refractivity contribution in [1.82, 2.24) is 4.90 Å². The molecular formula is C26H28N2OS. The Morgan fingerprint density at radius 3 is 2.20 bits per heavy atom. The van der Waals surface area contributed by atoms with Gasteiger partial charge in [0.2, 0.25) is 0 Å². The molecule has 154 valence electrons. The SMILES string of the molecule is O=C(Nc1ccccc1Sc1ccccc1)c1ccc(CN2CCCCCC2)cc1. The molecule has 0 atom stereocenters. The molecule has 3 aromatic rings. The van der Waals surface area contributed by atoms with E-state index in [-0.39, 0.29) is 5.91 Å². The van der Waals surface area contributed by atoms with E-state index in [0.29, 0.717) is 5.56 Å². The van der Waals surface area contributed by atoms with Crippen molar-refractivity contribution < 1.29 is 4.79 Å². The van der Waals surface area contributed by atoms with Gasteiger partial charge in [0, 0.05) is 21.9 Å². The zero-order chi connectivity index (χ0) is 20.6. The van der Waals surface area contributed by atoms with E-state index in [1.165, 1.54) is 44.3 Å². The van der Waals surface area contributed by atoms with E-state index in [9.17, 15) is 4.79 Å². The van der Waals surface area contributed by atoms with Crippen LogP contribution in [0.15, 0.2) is 88.7 Å². The quantitative estimate of drug-likeness (QED) is 0.500. The van der Waals surface area contributed by atoms with Crippen LogP contribution < -0.4 is 5.32 Å². The fourth-order valence-corrected chi connectivity index (χ4v) is 4.71. The molecule has 3 nitrogen and oxygen atoms in total. The van der Waals surface area contributed by atoms with Crippen LogP contribution in [0.1, 0.15) is 41.6 Å². The molecule has 0 spiro atoms. The molecule has 4 heteroatoms. The molecule has 0 aromatic heterocycles. The molecule has 4 rings (SSSR count). The molecule has 1 saturated heterocycles. The van der Waals surface area contributed by atoms with Gasteiger partial charge in [0.15, 0.2) is 0 Å². The molecule has 0 radical (unpaired) electrons. The minimum Gasteiger partial charge on any atom is -0.321 e. The molecule has 1 aliphatic heterocycles. The summed E-state index contributed by atoms with van der Waals surface area (Å²) in [5, 5.41) is 3.09. The van der Waals surface area contributed by atoms with Crippen LogP contribution in [-0.2, 0) is 6.54 Å². The zero-order valence-electron chi connectivity index (χ0n) is 17.2. The highest BCUT2D eigenvalue weighted by molar-refractivity contribution is 7.99. The molecule has 0 unspecified atom stereocenters. The number of hydrogen-bond donors (Lipinski definition) is 1. The highest BCUT2D eigenvalue weighted by atomic mass is 32.2. The number of nitrogens with one attached hydrogen (secondary N) is 1. The van der Waals surface area contributed by atoms with Crippen molar-refractivity contribution in [1.29, 1.82) is 0 Å². The van der Waals surface area contributed by atoms with E-state index in [0.717, 1.165) is 22.0 Å². The van der Waals surface area contributed by atoms with Crippen LogP contribution in [0.2, 0.25) is 0 Å². The summed E-state index contributed by atoms with van der Waals surface area (Å²) >= 11 is 1.65. The van der Waals surface area contributed by atoms with Gasteiger partial charge in [0.25, 0.3) is 5.91 Å². The topological polar surface area (TPSA) is 32.3 Å². The summed E-state index contributed by atoms with van der Waals surface area (Å²) in [6, 6.07) is 26.2. The number of likely N-dealkylation sites (tertiary alicyclic amines) is 1. The van der Waals surface area contributed by atoms with Crippen molar-refractivity contribution in [3.63, 3.8) is 0 Å². The van der Waals surface area contributed by atoms with Crippen LogP contribution >= 0.6 is 11.8 Å². The van der Waals surface area contributed by atoms with Crippen LogP contribution in [0.25, 0.3) is 0 Å². The van der Waals surface area contributed by atoms with Crippen molar-refractivity contribution >= 4 is 23.4 Å². The Morgan fingerprint density at radius 1 is 0.800 bits per heavy atom. The number of amides is 1. The lowest BCUT2D eigenvalue weighted by atomic mass is 10.1. The Hall–Kier alpha value is -2.56. The maximum atomic E-state index is 12.8. The predicted octanol–water partition coefficient (Wildman–Crippen LogP) is 6.47. The van der Waals surface area contributed by atoms with Gasteiger partial charge in [-0.3, -0.25) is 9.69 Å². The standard InChI is InChI=1S/C26H28N2OS/c29-26(22-16-14-21(15-17-22)20-28-18-8-1-2-9-19-28)27-24-12-6-7-13-25(24)30-23-10-4-3-5-11-23/h3-7,10-17H,1-2,8-9,18-20H2,(H,27,29). The first-order valence-corrected chi connectivity index (χ1v) is 11.5. The fourth-order valence-electron chi connectivity index (χ4n) is 3.78. The summed E-state index contributed by atoms with van der Waals surface area (Å²) in [6.45, 7) is 3.33. The first-order valence-electron chi connectivity index (χ1n) is 10.7. The molecule has 30 heavy (non-hydrogen) atoms. The summed E-state index contributed by atoms with van der Waals surface area (Å²) in [7, 11) is 0. The lowest BCUT2D eigenvalue weighted by molar-refractivity contribution is 0.102. The molecule has 1 N–H and O–H groups in total. The number of para-hydroxylation sites is 1. The summed E-state index contributed by atoms with van der Waals surface area (Å²) in [4.78, 5) is 17.5. The van der Waals surface area contributed by atoms with Crippen LogP contribution in [0.5, 0.6) is 0 Å². The van der Waals surface area contributed by atoms with Crippen molar-refractivity contribution in [3.8, 4) is 0 Å². The number of carbonyl (C=O) groups excluding carboxylic acids is 1. The van der Waals surface area contributed by atoms with Crippen LogP contribution in [-0.4, -0.2) is 23.9 Å². The van der Waals surface area contributed by atoms with E-state index in [4.69, 9.17) is 0 Å². The van der Waals surface area contributed by atoms with Crippen molar-refractivity contribution in [2.75, 3.05) is 18.4 Å². The number of nitrogens with zero attached hydrogens (tertiary/aromatic N) is 1. The lowest BCUT2D eigenvalue weighted by Gasteiger charge is -2.19. The second-order valence-electron chi connectivity index (χ2n) is 7.75. The van der Waals surface area contributed by atoms with Crippen molar-refractivity contribution in [2.24, 2.45) is 0 Å². The van der Waals surface area contributed by atoms with Crippen molar-refractivity contribution in [2.45, 2.75) is 42.0 Å². The van der Waals surface area contributed by atoms with Gasteiger partial charge in [-0.2, -0.15) is 0 Å². The molecule has 0 saturated carbocycles. The molecule has 3 aromatic carbocycles. The minimum atomic E-state index is -0.0718. The maximum Gasteiger partial charge on any atom is 0.255 e. The maximum absolute atomic E-state index is 12.8. The normalized spacial score (nSPS) is 14.8. The highest BCUT2D eigenvalue weighted by Crippen LogP contribution is 2.33. The average Bonchev–Trinajstić information content (AvgIpc) is 3.05. The Morgan fingerprint density at radius 2 is 1.47 bits per heavy atom. The first kappa shape index (κ1) is 20.7. The minimum absolute atomic E-state index is 0.0718. The molecule has 1 aliphatic rings. The van der Waals surface area contributed by atoms with E-state index < -0.39 is 0 Å². The Bertz CT molecular complexity index is 948. The monoisotopic (exact) mass is 416 g/mol. The van der Waals surface area contributed by atoms with Crippen molar-refractivity contribution in [3.05, 3.63) is 90.0 Å².